The average molecular weight is 218 g/mol. The van der Waals surface area contributed by atoms with Crippen LogP contribution in [-0.4, -0.2) is 11.1 Å². The molecule has 2 heteroatoms. The molecule has 0 spiro atoms. The molecule has 2 rings (SSSR count). The molecule has 0 aromatic heterocycles. The van der Waals surface area contributed by atoms with Crippen LogP contribution in [0.5, 0.6) is 0 Å². The van der Waals surface area contributed by atoms with Gasteiger partial charge in [0.15, 0.2) is 0 Å². The Bertz CT molecular complexity index is 365. The van der Waals surface area contributed by atoms with Gasteiger partial charge in [0.05, 0.1) is 0 Å². The van der Waals surface area contributed by atoms with Gasteiger partial charge in [-0.3, -0.25) is 0 Å². The Hall–Kier alpha value is -1.31. The molecule has 0 aromatic carbocycles. The summed E-state index contributed by atoms with van der Waals surface area (Å²) in [7, 11) is 0. The van der Waals surface area contributed by atoms with E-state index in [0.29, 0.717) is 29.7 Å². The highest BCUT2D eigenvalue weighted by Crippen LogP contribution is 2.45. The van der Waals surface area contributed by atoms with Gasteiger partial charge in [-0.05, 0) is 43.4 Å². The van der Waals surface area contributed by atoms with E-state index in [-0.39, 0.29) is 0 Å². The number of aliphatic carboxylic acids is 1. The molecule has 1 saturated carbocycles. The smallest absolute Gasteiger partial charge is 0.331 e. The summed E-state index contributed by atoms with van der Waals surface area (Å²) in [4.78, 5) is 11.0. The van der Waals surface area contributed by atoms with Gasteiger partial charge >= 0.3 is 5.97 Å². The van der Waals surface area contributed by atoms with E-state index in [9.17, 15) is 4.79 Å². The van der Waals surface area contributed by atoms with Crippen molar-refractivity contribution < 1.29 is 9.90 Å². The molecule has 2 aliphatic carbocycles. The van der Waals surface area contributed by atoms with Crippen molar-refractivity contribution in [2.24, 2.45) is 17.8 Å². The Balaban J connectivity index is 2.29. The van der Waals surface area contributed by atoms with Gasteiger partial charge in [-0.2, -0.15) is 0 Å². The third kappa shape index (κ3) is 1.84. The van der Waals surface area contributed by atoms with Gasteiger partial charge in [0.1, 0.15) is 0 Å². The predicted octanol–water partition coefficient (Wildman–Crippen LogP) is 3.18. The molecule has 3 unspecified atom stereocenters. The van der Waals surface area contributed by atoms with Crippen LogP contribution in [0.2, 0.25) is 0 Å². The molecule has 2 aliphatic rings. The van der Waals surface area contributed by atoms with E-state index in [4.69, 9.17) is 5.11 Å². The van der Waals surface area contributed by atoms with Crippen molar-refractivity contribution in [2.75, 3.05) is 0 Å². The minimum atomic E-state index is -0.766. The molecule has 0 saturated heterocycles. The number of hydrogen-bond acceptors (Lipinski definition) is 1. The topological polar surface area (TPSA) is 37.3 Å². The lowest BCUT2D eigenvalue weighted by atomic mass is 9.65. The number of rotatable bonds is 2. The standard InChI is InChI=1S/C14H18O2/c1-3-10-5-4-9(2)12-7-6-11(14(15)16)8-13(10)12/h3,8,10,12-13H,1-2,4-7H2,(H,15,16). The molecule has 0 bridgehead atoms. The fourth-order valence-electron chi connectivity index (χ4n) is 3.02. The van der Waals surface area contributed by atoms with Crippen LogP contribution in [0.25, 0.3) is 0 Å². The van der Waals surface area contributed by atoms with Crippen LogP contribution in [0.15, 0.2) is 36.5 Å². The summed E-state index contributed by atoms with van der Waals surface area (Å²) in [6.07, 6.45) is 7.67. The first-order valence-corrected chi connectivity index (χ1v) is 5.87. The highest BCUT2D eigenvalue weighted by Gasteiger charge is 2.35. The first kappa shape index (κ1) is 11.2. The number of hydrogen-bond donors (Lipinski definition) is 1. The minimum absolute atomic E-state index is 0.318. The molecular formula is C14H18O2. The van der Waals surface area contributed by atoms with E-state index >= 15 is 0 Å². The Morgan fingerprint density at radius 3 is 2.81 bits per heavy atom. The van der Waals surface area contributed by atoms with Crippen LogP contribution in [0.1, 0.15) is 25.7 Å². The molecule has 1 N–H and O–H groups in total. The molecule has 0 heterocycles. The molecule has 0 aliphatic heterocycles. The zero-order valence-corrected chi connectivity index (χ0v) is 9.48. The van der Waals surface area contributed by atoms with Crippen molar-refractivity contribution in [3.8, 4) is 0 Å². The zero-order chi connectivity index (χ0) is 11.7. The van der Waals surface area contributed by atoms with Gasteiger partial charge in [-0.1, -0.05) is 24.3 Å². The second-order valence-corrected chi connectivity index (χ2v) is 4.82. The summed E-state index contributed by atoms with van der Waals surface area (Å²) in [6.45, 7) is 7.99. The number of carbonyl (C=O) groups is 1. The van der Waals surface area contributed by atoms with E-state index < -0.39 is 5.97 Å². The average Bonchev–Trinajstić information content (AvgIpc) is 2.29. The molecule has 3 atom stereocenters. The molecule has 0 amide bonds. The van der Waals surface area contributed by atoms with Crippen LogP contribution in [0.3, 0.4) is 0 Å². The van der Waals surface area contributed by atoms with Crippen molar-refractivity contribution in [1.29, 1.82) is 0 Å². The van der Waals surface area contributed by atoms with Gasteiger partial charge in [0.25, 0.3) is 0 Å². The highest BCUT2D eigenvalue weighted by molar-refractivity contribution is 5.86. The van der Waals surface area contributed by atoms with Gasteiger partial charge < -0.3 is 5.11 Å². The predicted molar refractivity (Wildman–Crippen MR) is 64.0 cm³/mol. The Morgan fingerprint density at radius 1 is 1.44 bits per heavy atom. The van der Waals surface area contributed by atoms with Crippen molar-refractivity contribution in [1.82, 2.24) is 0 Å². The van der Waals surface area contributed by atoms with Crippen LogP contribution in [0.4, 0.5) is 0 Å². The highest BCUT2D eigenvalue weighted by atomic mass is 16.4. The Labute approximate surface area is 96.4 Å². The van der Waals surface area contributed by atoms with Gasteiger partial charge in [-0.25, -0.2) is 4.79 Å². The van der Waals surface area contributed by atoms with Crippen LogP contribution >= 0.6 is 0 Å². The lowest BCUT2D eigenvalue weighted by Crippen LogP contribution is -2.31. The Kier molecular flexibility index (Phi) is 2.99. The molecule has 86 valence electrons. The van der Waals surface area contributed by atoms with E-state index in [1.165, 1.54) is 5.57 Å². The Morgan fingerprint density at radius 2 is 2.19 bits per heavy atom. The van der Waals surface area contributed by atoms with Crippen molar-refractivity contribution in [2.45, 2.75) is 25.7 Å². The molecule has 0 aromatic rings. The lowest BCUT2D eigenvalue weighted by Gasteiger charge is -2.39. The largest absolute Gasteiger partial charge is 0.478 e. The lowest BCUT2D eigenvalue weighted by molar-refractivity contribution is -0.133. The maximum Gasteiger partial charge on any atom is 0.331 e. The van der Waals surface area contributed by atoms with E-state index in [0.717, 1.165) is 19.3 Å². The monoisotopic (exact) mass is 218 g/mol. The maximum atomic E-state index is 11.0. The normalized spacial score (nSPS) is 33.9. The number of allylic oxidation sites excluding steroid dienone is 3. The summed E-state index contributed by atoms with van der Waals surface area (Å²) in [6, 6.07) is 0. The molecule has 16 heavy (non-hydrogen) atoms. The summed E-state index contributed by atoms with van der Waals surface area (Å²) in [5.74, 6) is 0.445. The van der Waals surface area contributed by atoms with Crippen molar-refractivity contribution in [3.05, 3.63) is 36.5 Å². The minimum Gasteiger partial charge on any atom is -0.478 e. The van der Waals surface area contributed by atoms with E-state index in [1.807, 2.05) is 12.2 Å². The SMILES string of the molecule is C=CC1CCC(=C)C2CCC(C(=O)O)=CC12. The first-order chi connectivity index (χ1) is 7.63. The molecule has 2 nitrogen and oxygen atoms in total. The van der Waals surface area contributed by atoms with Crippen LogP contribution in [0, 0.1) is 17.8 Å². The van der Waals surface area contributed by atoms with Gasteiger partial charge in [0, 0.05) is 5.57 Å². The quantitative estimate of drug-likeness (QED) is 0.723. The summed E-state index contributed by atoms with van der Waals surface area (Å²) in [5, 5.41) is 9.04. The first-order valence-electron chi connectivity index (χ1n) is 5.87. The molecular weight excluding hydrogens is 200 g/mol. The fraction of sp³-hybridized carbons (Fsp3) is 0.500. The van der Waals surface area contributed by atoms with E-state index in [1.54, 1.807) is 0 Å². The third-order valence-electron chi connectivity index (χ3n) is 3.98. The van der Waals surface area contributed by atoms with Crippen molar-refractivity contribution in [3.63, 3.8) is 0 Å². The van der Waals surface area contributed by atoms with Gasteiger partial charge in [-0.15, -0.1) is 6.58 Å². The fourth-order valence-corrected chi connectivity index (χ4v) is 3.02. The van der Waals surface area contributed by atoms with Crippen LogP contribution in [-0.2, 0) is 4.79 Å². The van der Waals surface area contributed by atoms with Crippen LogP contribution < -0.4 is 0 Å². The zero-order valence-electron chi connectivity index (χ0n) is 9.48. The maximum absolute atomic E-state index is 11.0. The molecule has 0 radical (unpaired) electrons. The third-order valence-corrected chi connectivity index (χ3v) is 3.98. The number of fused-ring (bicyclic) bond motifs is 1. The second kappa shape index (κ2) is 4.28. The summed E-state index contributed by atoms with van der Waals surface area (Å²) < 4.78 is 0. The van der Waals surface area contributed by atoms with Gasteiger partial charge in [0.2, 0.25) is 0 Å². The van der Waals surface area contributed by atoms with E-state index in [2.05, 4.69) is 13.2 Å². The number of carboxylic acid groups (broad SMARTS) is 1. The second-order valence-electron chi connectivity index (χ2n) is 4.82. The van der Waals surface area contributed by atoms with Crippen molar-refractivity contribution >= 4 is 5.97 Å². The summed E-state index contributed by atoms with van der Waals surface area (Å²) >= 11 is 0. The summed E-state index contributed by atoms with van der Waals surface area (Å²) in [5.41, 5.74) is 1.87. The number of carboxylic acids is 1. The molecule has 1 fully saturated rings.